The molecule has 0 fully saturated rings. The second kappa shape index (κ2) is 6.26. The van der Waals surface area contributed by atoms with E-state index >= 15 is 0 Å². The normalized spacial score (nSPS) is 10.3. The maximum atomic E-state index is 11.8. The lowest BCUT2D eigenvalue weighted by Crippen LogP contribution is -1.99. The summed E-state index contributed by atoms with van der Waals surface area (Å²) in [7, 11) is 1.58. The molecule has 4 heteroatoms. The highest BCUT2D eigenvalue weighted by molar-refractivity contribution is 9.10. The first-order chi connectivity index (χ1) is 9.11. The lowest BCUT2D eigenvalue weighted by molar-refractivity contribution is 0.101. The molecule has 0 unspecified atom stereocenters. The maximum absolute atomic E-state index is 11.8. The first-order valence-corrected chi connectivity index (χ1v) is 7.34. The molecule has 0 atom stereocenters. The summed E-state index contributed by atoms with van der Waals surface area (Å²) in [6.45, 7) is 1.56. The van der Waals surface area contributed by atoms with Crippen molar-refractivity contribution in [3.8, 4) is 5.75 Å². The molecule has 0 heterocycles. The molecular weight excluding hydrogens is 324 g/mol. The van der Waals surface area contributed by atoms with Gasteiger partial charge in [0.1, 0.15) is 5.75 Å². The minimum atomic E-state index is 0.00921. The van der Waals surface area contributed by atoms with Gasteiger partial charge in [0.15, 0.2) is 5.78 Å². The van der Waals surface area contributed by atoms with E-state index < -0.39 is 0 Å². The molecule has 0 saturated heterocycles. The minimum absolute atomic E-state index is 0.00921. The van der Waals surface area contributed by atoms with E-state index in [1.807, 2.05) is 42.5 Å². The van der Waals surface area contributed by atoms with Crippen LogP contribution in [0, 0.1) is 0 Å². The summed E-state index contributed by atoms with van der Waals surface area (Å²) in [6, 6.07) is 13.6. The Bertz CT molecular complexity index is 611. The Morgan fingerprint density at radius 3 is 2.58 bits per heavy atom. The van der Waals surface area contributed by atoms with E-state index in [2.05, 4.69) is 15.9 Å². The van der Waals surface area contributed by atoms with E-state index in [9.17, 15) is 4.79 Å². The fraction of sp³-hybridized carbons (Fsp3) is 0.133. The van der Waals surface area contributed by atoms with Crippen LogP contribution in [0.25, 0.3) is 0 Å². The van der Waals surface area contributed by atoms with Crippen molar-refractivity contribution in [3.05, 3.63) is 52.5 Å². The van der Waals surface area contributed by atoms with Crippen molar-refractivity contribution in [2.75, 3.05) is 7.11 Å². The van der Waals surface area contributed by atoms with E-state index in [4.69, 9.17) is 4.74 Å². The summed E-state index contributed by atoms with van der Waals surface area (Å²) < 4.78 is 6.28. The van der Waals surface area contributed by atoms with Crippen LogP contribution in [0.4, 0.5) is 0 Å². The number of rotatable bonds is 4. The number of benzene rings is 2. The van der Waals surface area contributed by atoms with Crippen molar-refractivity contribution < 1.29 is 9.53 Å². The predicted octanol–water partition coefficient (Wildman–Crippen LogP) is 4.81. The first-order valence-electron chi connectivity index (χ1n) is 5.73. The van der Waals surface area contributed by atoms with Gasteiger partial charge >= 0.3 is 0 Å². The van der Waals surface area contributed by atoms with Crippen LogP contribution in [-0.4, -0.2) is 12.9 Å². The van der Waals surface area contributed by atoms with Gasteiger partial charge in [-0.15, -0.1) is 0 Å². The highest BCUT2D eigenvalue weighted by Crippen LogP contribution is 2.35. The molecule has 98 valence electrons. The van der Waals surface area contributed by atoms with Crippen LogP contribution in [0.3, 0.4) is 0 Å². The Kier molecular flexibility index (Phi) is 4.66. The molecular formula is C15H13BrO2S. The van der Waals surface area contributed by atoms with E-state index in [1.54, 1.807) is 25.8 Å². The zero-order valence-corrected chi connectivity index (χ0v) is 13.0. The molecule has 2 aromatic carbocycles. The fourth-order valence-corrected chi connectivity index (χ4v) is 3.40. The molecule has 0 aliphatic heterocycles. The van der Waals surface area contributed by atoms with Crippen LogP contribution in [0.5, 0.6) is 5.75 Å². The number of halogens is 1. The SMILES string of the molecule is COc1cccc(Sc2cccc(Br)c2)c1C(C)=O. The number of ketones is 1. The van der Waals surface area contributed by atoms with Gasteiger partial charge in [-0.3, -0.25) is 4.79 Å². The van der Waals surface area contributed by atoms with Crippen molar-refractivity contribution in [1.29, 1.82) is 0 Å². The Labute approximate surface area is 125 Å². The average Bonchev–Trinajstić information content (AvgIpc) is 2.38. The standard InChI is InChI=1S/C15H13BrO2S/c1-10(17)15-13(18-2)7-4-8-14(15)19-12-6-3-5-11(16)9-12/h3-9H,1-2H3. The van der Waals surface area contributed by atoms with E-state index in [0.29, 0.717) is 11.3 Å². The van der Waals surface area contributed by atoms with Crippen LogP contribution in [0.2, 0.25) is 0 Å². The van der Waals surface area contributed by atoms with Crippen molar-refractivity contribution in [1.82, 2.24) is 0 Å². The van der Waals surface area contributed by atoms with Crippen LogP contribution < -0.4 is 4.74 Å². The lowest BCUT2D eigenvalue weighted by Gasteiger charge is -2.11. The Balaban J connectivity index is 2.42. The number of methoxy groups -OCH3 is 1. The summed E-state index contributed by atoms with van der Waals surface area (Å²) in [4.78, 5) is 13.8. The number of ether oxygens (including phenoxy) is 1. The highest BCUT2D eigenvalue weighted by Gasteiger charge is 2.14. The second-order valence-corrected chi connectivity index (χ2v) is 5.98. The Morgan fingerprint density at radius 1 is 1.21 bits per heavy atom. The molecule has 2 aromatic rings. The quantitative estimate of drug-likeness (QED) is 0.749. The molecule has 0 amide bonds. The minimum Gasteiger partial charge on any atom is -0.496 e. The molecule has 0 N–H and O–H groups in total. The number of carbonyl (C=O) groups is 1. The van der Waals surface area contributed by atoms with Gasteiger partial charge < -0.3 is 4.74 Å². The van der Waals surface area contributed by atoms with Gasteiger partial charge in [-0.2, -0.15) is 0 Å². The molecule has 0 aliphatic carbocycles. The first kappa shape index (κ1) is 14.2. The van der Waals surface area contributed by atoms with Gasteiger partial charge in [0.05, 0.1) is 12.7 Å². The molecule has 0 aromatic heterocycles. The molecule has 0 aliphatic rings. The van der Waals surface area contributed by atoms with Gasteiger partial charge in [-0.25, -0.2) is 0 Å². The highest BCUT2D eigenvalue weighted by atomic mass is 79.9. The smallest absolute Gasteiger partial charge is 0.164 e. The van der Waals surface area contributed by atoms with Crippen molar-refractivity contribution in [2.45, 2.75) is 16.7 Å². The topological polar surface area (TPSA) is 26.3 Å². The second-order valence-electron chi connectivity index (χ2n) is 3.95. The van der Waals surface area contributed by atoms with Gasteiger partial charge in [0.2, 0.25) is 0 Å². The molecule has 19 heavy (non-hydrogen) atoms. The van der Waals surface area contributed by atoms with Crippen molar-refractivity contribution in [2.24, 2.45) is 0 Å². The Hall–Kier alpha value is -1.26. The zero-order chi connectivity index (χ0) is 13.8. The third-order valence-electron chi connectivity index (χ3n) is 2.58. The molecule has 2 nitrogen and oxygen atoms in total. The lowest BCUT2D eigenvalue weighted by atomic mass is 10.1. The summed E-state index contributed by atoms with van der Waals surface area (Å²) in [6.07, 6.45) is 0. The van der Waals surface area contributed by atoms with Crippen LogP contribution in [0.15, 0.2) is 56.7 Å². The van der Waals surface area contributed by atoms with Gasteiger partial charge in [-0.1, -0.05) is 39.8 Å². The molecule has 2 rings (SSSR count). The summed E-state index contributed by atoms with van der Waals surface area (Å²) >= 11 is 5.00. The van der Waals surface area contributed by atoms with Gasteiger partial charge in [-0.05, 0) is 37.3 Å². The molecule has 0 radical (unpaired) electrons. The zero-order valence-electron chi connectivity index (χ0n) is 10.6. The van der Waals surface area contributed by atoms with Crippen molar-refractivity contribution >= 4 is 33.5 Å². The summed E-state index contributed by atoms with van der Waals surface area (Å²) in [5.41, 5.74) is 0.634. The molecule has 0 bridgehead atoms. The Morgan fingerprint density at radius 2 is 1.95 bits per heavy atom. The van der Waals surface area contributed by atoms with E-state index in [1.165, 1.54) is 0 Å². The van der Waals surface area contributed by atoms with Gasteiger partial charge in [0.25, 0.3) is 0 Å². The third-order valence-corrected chi connectivity index (χ3v) is 4.13. The largest absolute Gasteiger partial charge is 0.496 e. The summed E-state index contributed by atoms with van der Waals surface area (Å²) in [5.74, 6) is 0.627. The summed E-state index contributed by atoms with van der Waals surface area (Å²) in [5, 5.41) is 0. The number of hydrogen-bond acceptors (Lipinski definition) is 3. The molecule has 0 spiro atoms. The fourth-order valence-electron chi connectivity index (χ4n) is 1.77. The average molecular weight is 337 g/mol. The van der Waals surface area contributed by atoms with Crippen molar-refractivity contribution in [3.63, 3.8) is 0 Å². The van der Waals surface area contributed by atoms with Crippen LogP contribution in [-0.2, 0) is 0 Å². The number of Topliss-reactive ketones (excluding diaryl/α,β-unsaturated/α-hetero) is 1. The monoisotopic (exact) mass is 336 g/mol. The molecule has 0 saturated carbocycles. The van der Waals surface area contributed by atoms with E-state index in [0.717, 1.165) is 14.3 Å². The van der Waals surface area contributed by atoms with Crippen LogP contribution in [0.1, 0.15) is 17.3 Å². The number of carbonyl (C=O) groups excluding carboxylic acids is 1. The van der Waals surface area contributed by atoms with E-state index in [-0.39, 0.29) is 5.78 Å². The van der Waals surface area contributed by atoms with Gasteiger partial charge in [0, 0.05) is 14.3 Å². The maximum Gasteiger partial charge on any atom is 0.164 e. The third kappa shape index (κ3) is 3.39. The number of hydrogen-bond donors (Lipinski definition) is 0. The van der Waals surface area contributed by atoms with Crippen LogP contribution >= 0.6 is 27.7 Å². The predicted molar refractivity (Wildman–Crippen MR) is 81.3 cm³/mol.